The van der Waals surface area contributed by atoms with Crippen LogP contribution < -0.4 is 0 Å². The van der Waals surface area contributed by atoms with E-state index in [1.807, 2.05) is 0 Å². The second-order valence-electron chi connectivity index (χ2n) is 7.46. The molecule has 3 aromatic carbocycles. The highest BCUT2D eigenvalue weighted by molar-refractivity contribution is 6.25. The molecule has 114 valence electrons. The van der Waals surface area contributed by atoms with Crippen molar-refractivity contribution in [1.82, 2.24) is 4.98 Å². The number of nitrogens with zero attached hydrogens (tertiary/aromatic N) is 1. The maximum atomic E-state index is 4.76. The summed E-state index contributed by atoms with van der Waals surface area (Å²) < 4.78 is 0. The second kappa shape index (κ2) is 4.79. The van der Waals surface area contributed by atoms with E-state index in [1.165, 1.54) is 37.9 Å². The van der Waals surface area contributed by atoms with Gasteiger partial charge in [0.05, 0.1) is 0 Å². The first-order valence-corrected chi connectivity index (χ1v) is 8.16. The topological polar surface area (TPSA) is 12.9 Å². The molecule has 1 nitrogen and oxygen atoms in total. The summed E-state index contributed by atoms with van der Waals surface area (Å²) in [7, 11) is 0. The molecule has 0 unspecified atom stereocenters. The van der Waals surface area contributed by atoms with E-state index >= 15 is 0 Å². The Kier molecular flexibility index (Phi) is 2.96. The van der Waals surface area contributed by atoms with Crippen molar-refractivity contribution >= 4 is 32.3 Å². The normalized spacial score (nSPS) is 12.3. The van der Waals surface area contributed by atoms with E-state index in [0.29, 0.717) is 0 Å². The Balaban J connectivity index is 2.28. The van der Waals surface area contributed by atoms with Crippen LogP contribution in [0.3, 0.4) is 0 Å². The molecule has 4 rings (SSSR count). The summed E-state index contributed by atoms with van der Waals surface area (Å²) in [6, 6.07) is 17.7. The van der Waals surface area contributed by atoms with Gasteiger partial charge in [0.25, 0.3) is 0 Å². The Morgan fingerprint density at radius 1 is 0.696 bits per heavy atom. The van der Waals surface area contributed by atoms with Crippen molar-refractivity contribution in [3.05, 3.63) is 66.0 Å². The van der Waals surface area contributed by atoms with Gasteiger partial charge in [0.2, 0.25) is 0 Å². The van der Waals surface area contributed by atoms with Crippen LogP contribution in [0.4, 0.5) is 0 Å². The molecule has 1 aromatic heterocycles. The fourth-order valence-corrected chi connectivity index (χ4v) is 3.37. The quantitative estimate of drug-likeness (QED) is 0.355. The van der Waals surface area contributed by atoms with Crippen molar-refractivity contribution in [2.24, 2.45) is 0 Å². The van der Waals surface area contributed by atoms with Crippen molar-refractivity contribution in [2.45, 2.75) is 33.1 Å². The molecule has 0 atom stereocenters. The fraction of sp³-hybridized carbons (Fsp3) is 0.227. The van der Waals surface area contributed by atoms with E-state index < -0.39 is 0 Å². The molecule has 0 fully saturated rings. The van der Waals surface area contributed by atoms with Crippen molar-refractivity contribution in [2.75, 3.05) is 0 Å². The van der Waals surface area contributed by atoms with Crippen LogP contribution in [-0.4, -0.2) is 4.98 Å². The number of benzene rings is 3. The maximum absolute atomic E-state index is 4.76. The third-order valence-electron chi connectivity index (χ3n) is 4.65. The first-order chi connectivity index (χ1) is 10.9. The van der Waals surface area contributed by atoms with Crippen LogP contribution in [0.15, 0.2) is 54.7 Å². The Hall–Kier alpha value is -2.41. The van der Waals surface area contributed by atoms with Crippen molar-refractivity contribution in [1.29, 1.82) is 0 Å². The average Bonchev–Trinajstić information content (AvgIpc) is 2.53. The number of hydrogen-bond acceptors (Lipinski definition) is 1. The van der Waals surface area contributed by atoms with Gasteiger partial charge in [0, 0.05) is 22.7 Å². The van der Waals surface area contributed by atoms with Crippen LogP contribution in [0.25, 0.3) is 32.3 Å². The van der Waals surface area contributed by atoms with Crippen LogP contribution in [-0.2, 0) is 5.41 Å². The molecule has 0 radical (unpaired) electrons. The number of aromatic nitrogens is 1. The number of aryl methyl sites for hydroxylation is 1. The summed E-state index contributed by atoms with van der Waals surface area (Å²) in [5.41, 5.74) is 2.49. The molecule has 0 saturated heterocycles. The molecule has 23 heavy (non-hydrogen) atoms. The number of fused-ring (bicyclic) bond motifs is 6. The van der Waals surface area contributed by atoms with Gasteiger partial charge in [-0.25, -0.2) is 0 Å². The third-order valence-corrected chi connectivity index (χ3v) is 4.65. The monoisotopic (exact) mass is 299 g/mol. The first-order valence-electron chi connectivity index (χ1n) is 8.16. The molecule has 0 saturated carbocycles. The van der Waals surface area contributed by atoms with Crippen LogP contribution in [0, 0.1) is 6.92 Å². The number of hydrogen-bond donors (Lipinski definition) is 0. The zero-order valence-electron chi connectivity index (χ0n) is 14.1. The molecule has 4 aromatic rings. The van der Waals surface area contributed by atoms with E-state index in [4.69, 9.17) is 4.98 Å². The van der Waals surface area contributed by atoms with E-state index in [0.717, 1.165) is 5.69 Å². The summed E-state index contributed by atoms with van der Waals surface area (Å²) in [5.74, 6) is 0. The molecule has 1 heteroatoms. The minimum Gasteiger partial charge on any atom is -0.260 e. The van der Waals surface area contributed by atoms with Crippen LogP contribution >= 0.6 is 0 Å². The molecule has 0 bridgehead atoms. The lowest BCUT2D eigenvalue weighted by molar-refractivity contribution is 0.570. The molecular formula is C22H21N. The smallest absolute Gasteiger partial charge is 0.0463 e. The summed E-state index contributed by atoms with van der Waals surface area (Å²) in [5, 5.41) is 7.79. The van der Waals surface area contributed by atoms with Gasteiger partial charge in [-0.3, -0.25) is 4.98 Å². The SMILES string of the molecule is Cc1ccc2c3ccccc3c3cnc(C(C)(C)C)cc3c2c1. The number of rotatable bonds is 0. The van der Waals surface area contributed by atoms with Crippen molar-refractivity contribution in [3.63, 3.8) is 0 Å². The third kappa shape index (κ3) is 2.19. The summed E-state index contributed by atoms with van der Waals surface area (Å²) in [6.45, 7) is 8.81. The predicted octanol–water partition coefficient (Wildman–Crippen LogP) is 6.15. The highest BCUT2D eigenvalue weighted by Crippen LogP contribution is 2.36. The highest BCUT2D eigenvalue weighted by Gasteiger charge is 2.17. The van der Waals surface area contributed by atoms with Gasteiger partial charge < -0.3 is 0 Å². The number of pyridine rings is 1. The summed E-state index contributed by atoms with van der Waals surface area (Å²) >= 11 is 0. The average molecular weight is 299 g/mol. The molecular weight excluding hydrogens is 278 g/mol. The van der Waals surface area contributed by atoms with Gasteiger partial charge in [-0.05, 0) is 39.9 Å². The molecule has 0 aliphatic carbocycles. The first kappa shape index (κ1) is 14.2. The Morgan fingerprint density at radius 3 is 2.00 bits per heavy atom. The zero-order chi connectivity index (χ0) is 16.2. The lowest BCUT2D eigenvalue weighted by Crippen LogP contribution is -2.13. The van der Waals surface area contributed by atoms with Crippen LogP contribution in [0.1, 0.15) is 32.0 Å². The van der Waals surface area contributed by atoms with Gasteiger partial charge in [0.1, 0.15) is 0 Å². The molecule has 0 N–H and O–H groups in total. The van der Waals surface area contributed by atoms with Crippen molar-refractivity contribution in [3.8, 4) is 0 Å². The van der Waals surface area contributed by atoms with Crippen LogP contribution in [0.2, 0.25) is 0 Å². The zero-order valence-corrected chi connectivity index (χ0v) is 14.1. The molecule has 0 amide bonds. The van der Waals surface area contributed by atoms with E-state index in [9.17, 15) is 0 Å². The molecule has 0 aliphatic rings. The van der Waals surface area contributed by atoms with E-state index in [-0.39, 0.29) is 5.41 Å². The van der Waals surface area contributed by atoms with Gasteiger partial charge in [-0.1, -0.05) is 68.8 Å². The fourth-order valence-electron chi connectivity index (χ4n) is 3.37. The standard InChI is InChI=1S/C22H21N/c1-14-9-10-17-15-7-5-6-8-16(15)20-13-23-21(22(2,3)4)12-19(20)18(17)11-14/h5-13H,1-4H3. The largest absolute Gasteiger partial charge is 0.260 e. The second-order valence-corrected chi connectivity index (χ2v) is 7.46. The molecule has 0 spiro atoms. The minimum atomic E-state index is 0.0516. The maximum Gasteiger partial charge on any atom is 0.0463 e. The Bertz CT molecular complexity index is 1050. The molecule has 1 heterocycles. The van der Waals surface area contributed by atoms with Gasteiger partial charge >= 0.3 is 0 Å². The minimum absolute atomic E-state index is 0.0516. The van der Waals surface area contributed by atoms with Gasteiger partial charge in [0.15, 0.2) is 0 Å². The lowest BCUT2D eigenvalue weighted by atomic mass is 9.88. The Labute approximate surface area is 137 Å². The van der Waals surface area contributed by atoms with Crippen molar-refractivity contribution < 1.29 is 0 Å². The highest BCUT2D eigenvalue weighted by atomic mass is 14.7. The molecule has 0 aliphatic heterocycles. The predicted molar refractivity (Wildman–Crippen MR) is 100 cm³/mol. The Morgan fingerprint density at radius 2 is 1.30 bits per heavy atom. The summed E-state index contributed by atoms with van der Waals surface area (Å²) in [4.78, 5) is 4.76. The van der Waals surface area contributed by atoms with E-state index in [2.05, 4.69) is 82.4 Å². The van der Waals surface area contributed by atoms with Gasteiger partial charge in [-0.15, -0.1) is 0 Å². The van der Waals surface area contributed by atoms with Crippen LogP contribution in [0.5, 0.6) is 0 Å². The summed E-state index contributed by atoms with van der Waals surface area (Å²) in [6.07, 6.45) is 2.06. The lowest BCUT2D eigenvalue weighted by Gasteiger charge is -2.19. The van der Waals surface area contributed by atoms with Gasteiger partial charge in [-0.2, -0.15) is 0 Å². The van der Waals surface area contributed by atoms with E-state index in [1.54, 1.807) is 0 Å².